The topological polar surface area (TPSA) is 55.8 Å². The summed E-state index contributed by atoms with van der Waals surface area (Å²) in [5.74, 6) is -0.328. The lowest BCUT2D eigenvalue weighted by atomic mass is 9.91. The van der Waals surface area contributed by atoms with E-state index in [4.69, 9.17) is 21.1 Å². The van der Waals surface area contributed by atoms with Crippen molar-refractivity contribution in [3.8, 4) is 11.5 Å². The number of methoxy groups -OCH3 is 2. The van der Waals surface area contributed by atoms with E-state index >= 15 is 0 Å². The minimum atomic E-state index is -0.908. The Morgan fingerprint density at radius 2 is 1.91 bits per heavy atom. The number of hydrogen-bond acceptors (Lipinski definition) is 3. The van der Waals surface area contributed by atoms with E-state index < -0.39 is 11.9 Å². The number of benzene rings is 2. The number of aryl methyl sites for hydroxylation is 1. The monoisotopic (exact) mass is 334 g/mol. The van der Waals surface area contributed by atoms with Gasteiger partial charge in [0.05, 0.1) is 20.1 Å². The van der Waals surface area contributed by atoms with Crippen LogP contribution in [0.25, 0.3) is 0 Å². The molecule has 1 N–H and O–H groups in total. The van der Waals surface area contributed by atoms with E-state index in [1.807, 2.05) is 13.0 Å². The average Bonchev–Trinajstić information content (AvgIpc) is 2.54. The molecular weight excluding hydrogens is 316 g/mol. The summed E-state index contributed by atoms with van der Waals surface area (Å²) in [6.45, 7) is 1.88. The molecule has 4 nitrogen and oxygen atoms in total. The zero-order chi connectivity index (χ0) is 17.0. The summed E-state index contributed by atoms with van der Waals surface area (Å²) in [5.41, 5.74) is 2.35. The molecule has 0 radical (unpaired) electrons. The van der Waals surface area contributed by atoms with Crippen molar-refractivity contribution in [1.29, 1.82) is 0 Å². The number of ether oxygens (including phenoxy) is 2. The smallest absolute Gasteiger partial charge is 0.311 e. The first kappa shape index (κ1) is 17.2. The SMILES string of the molecule is COc1ccc(OC)c(CC(C(=O)O)c2ccc(C)c(Cl)c2)c1. The summed E-state index contributed by atoms with van der Waals surface area (Å²) in [5, 5.41) is 10.2. The van der Waals surface area contributed by atoms with Crippen LogP contribution in [0.3, 0.4) is 0 Å². The van der Waals surface area contributed by atoms with Crippen molar-refractivity contribution in [2.75, 3.05) is 14.2 Å². The van der Waals surface area contributed by atoms with Gasteiger partial charge in [-0.15, -0.1) is 0 Å². The number of carbonyl (C=O) groups is 1. The van der Waals surface area contributed by atoms with Crippen LogP contribution in [0.15, 0.2) is 36.4 Å². The highest BCUT2D eigenvalue weighted by atomic mass is 35.5. The molecule has 2 aromatic rings. The van der Waals surface area contributed by atoms with Gasteiger partial charge in [0.2, 0.25) is 0 Å². The van der Waals surface area contributed by atoms with Crippen molar-refractivity contribution >= 4 is 17.6 Å². The maximum Gasteiger partial charge on any atom is 0.311 e. The molecule has 122 valence electrons. The van der Waals surface area contributed by atoms with Gasteiger partial charge < -0.3 is 14.6 Å². The van der Waals surface area contributed by atoms with Crippen LogP contribution in [0, 0.1) is 6.92 Å². The van der Waals surface area contributed by atoms with Crippen LogP contribution in [0.5, 0.6) is 11.5 Å². The molecule has 2 aromatic carbocycles. The van der Waals surface area contributed by atoms with Crippen molar-refractivity contribution in [2.24, 2.45) is 0 Å². The minimum absolute atomic E-state index is 0.287. The van der Waals surface area contributed by atoms with E-state index in [0.29, 0.717) is 22.1 Å². The van der Waals surface area contributed by atoms with E-state index in [1.165, 1.54) is 0 Å². The molecule has 0 heterocycles. The van der Waals surface area contributed by atoms with Gasteiger partial charge in [0, 0.05) is 5.02 Å². The van der Waals surface area contributed by atoms with Crippen LogP contribution in [-0.4, -0.2) is 25.3 Å². The Morgan fingerprint density at radius 1 is 1.17 bits per heavy atom. The van der Waals surface area contributed by atoms with Gasteiger partial charge in [-0.3, -0.25) is 4.79 Å². The zero-order valence-electron chi connectivity index (χ0n) is 13.3. The number of rotatable bonds is 6. The van der Waals surface area contributed by atoms with Gasteiger partial charge in [0.1, 0.15) is 11.5 Å². The van der Waals surface area contributed by atoms with Crippen LogP contribution in [0.4, 0.5) is 0 Å². The van der Waals surface area contributed by atoms with Crippen LogP contribution in [0.2, 0.25) is 5.02 Å². The third kappa shape index (κ3) is 3.96. The van der Waals surface area contributed by atoms with Gasteiger partial charge in [0.15, 0.2) is 0 Å². The Hall–Kier alpha value is -2.20. The van der Waals surface area contributed by atoms with Gasteiger partial charge in [-0.25, -0.2) is 0 Å². The van der Waals surface area contributed by atoms with Gasteiger partial charge in [-0.1, -0.05) is 23.7 Å². The molecular formula is C18H19ClO4. The van der Waals surface area contributed by atoms with Crippen molar-refractivity contribution in [1.82, 2.24) is 0 Å². The molecule has 23 heavy (non-hydrogen) atoms. The largest absolute Gasteiger partial charge is 0.497 e. The van der Waals surface area contributed by atoms with Crippen molar-refractivity contribution in [3.63, 3.8) is 0 Å². The molecule has 0 aliphatic carbocycles. The normalized spacial score (nSPS) is 11.8. The third-order valence-electron chi connectivity index (χ3n) is 3.81. The molecule has 5 heteroatoms. The van der Waals surface area contributed by atoms with Gasteiger partial charge in [-0.05, 0) is 54.3 Å². The fourth-order valence-corrected chi connectivity index (χ4v) is 2.62. The second-order valence-electron chi connectivity index (χ2n) is 5.28. The second-order valence-corrected chi connectivity index (χ2v) is 5.69. The summed E-state index contributed by atoms with van der Waals surface area (Å²) in [6.07, 6.45) is 0.287. The lowest BCUT2D eigenvalue weighted by molar-refractivity contribution is -0.138. The van der Waals surface area contributed by atoms with E-state index in [9.17, 15) is 9.90 Å². The summed E-state index contributed by atoms with van der Waals surface area (Å²) < 4.78 is 10.5. The molecule has 2 rings (SSSR count). The fourth-order valence-electron chi connectivity index (χ4n) is 2.43. The predicted molar refractivity (Wildman–Crippen MR) is 89.8 cm³/mol. The molecule has 0 fully saturated rings. The van der Waals surface area contributed by atoms with Gasteiger partial charge >= 0.3 is 5.97 Å². The van der Waals surface area contributed by atoms with Crippen LogP contribution in [-0.2, 0) is 11.2 Å². The Balaban J connectivity index is 2.40. The molecule has 0 aliphatic heterocycles. The van der Waals surface area contributed by atoms with Crippen LogP contribution in [0.1, 0.15) is 22.6 Å². The summed E-state index contributed by atoms with van der Waals surface area (Å²) >= 11 is 6.13. The molecule has 1 atom stereocenters. The highest BCUT2D eigenvalue weighted by Gasteiger charge is 2.23. The first-order valence-corrected chi connectivity index (χ1v) is 7.53. The van der Waals surface area contributed by atoms with E-state index in [2.05, 4.69) is 0 Å². The highest BCUT2D eigenvalue weighted by Crippen LogP contribution is 2.31. The molecule has 0 amide bonds. The van der Waals surface area contributed by atoms with Crippen molar-refractivity contribution < 1.29 is 19.4 Å². The zero-order valence-corrected chi connectivity index (χ0v) is 14.1. The Labute approximate surface area is 140 Å². The summed E-state index contributed by atoms with van der Waals surface area (Å²) in [7, 11) is 3.13. The van der Waals surface area contributed by atoms with Crippen molar-refractivity contribution in [3.05, 3.63) is 58.1 Å². The first-order chi connectivity index (χ1) is 11.0. The molecule has 1 unspecified atom stereocenters. The second kappa shape index (κ2) is 7.38. The molecule has 0 saturated carbocycles. The standard InChI is InChI=1S/C18H19ClO4/c1-11-4-5-12(10-16(11)19)15(18(20)21)9-13-8-14(22-2)6-7-17(13)23-3/h4-8,10,15H,9H2,1-3H3,(H,20,21). The quantitative estimate of drug-likeness (QED) is 0.865. The van der Waals surface area contributed by atoms with Crippen LogP contribution >= 0.6 is 11.6 Å². The maximum absolute atomic E-state index is 11.7. The number of carboxylic acids is 1. The Kier molecular flexibility index (Phi) is 5.50. The molecule has 0 aliphatic rings. The highest BCUT2D eigenvalue weighted by molar-refractivity contribution is 6.31. The Morgan fingerprint density at radius 3 is 2.48 bits per heavy atom. The predicted octanol–water partition coefficient (Wildman–Crippen LogP) is 4.08. The molecule has 0 saturated heterocycles. The lowest BCUT2D eigenvalue weighted by Gasteiger charge is -2.16. The first-order valence-electron chi connectivity index (χ1n) is 7.16. The van der Waals surface area contributed by atoms with Crippen LogP contribution < -0.4 is 9.47 Å². The minimum Gasteiger partial charge on any atom is -0.497 e. The number of carboxylic acid groups (broad SMARTS) is 1. The van der Waals surface area contributed by atoms with Crippen molar-refractivity contribution in [2.45, 2.75) is 19.3 Å². The maximum atomic E-state index is 11.7. The van der Waals surface area contributed by atoms with E-state index in [1.54, 1.807) is 44.6 Å². The number of aliphatic carboxylic acids is 1. The third-order valence-corrected chi connectivity index (χ3v) is 4.22. The fraction of sp³-hybridized carbons (Fsp3) is 0.278. The lowest BCUT2D eigenvalue weighted by Crippen LogP contribution is -2.15. The van der Waals surface area contributed by atoms with E-state index in [0.717, 1.165) is 11.1 Å². The summed E-state index contributed by atoms with van der Waals surface area (Å²) in [6, 6.07) is 10.7. The summed E-state index contributed by atoms with van der Waals surface area (Å²) in [4.78, 5) is 11.7. The molecule has 0 aromatic heterocycles. The molecule has 0 bridgehead atoms. The average molecular weight is 335 g/mol. The van der Waals surface area contributed by atoms with Gasteiger partial charge in [0.25, 0.3) is 0 Å². The number of halogens is 1. The Bertz CT molecular complexity index is 712. The molecule has 0 spiro atoms. The van der Waals surface area contributed by atoms with Gasteiger partial charge in [-0.2, -0.15) is 0 Å². The van der Waals surface area contributed by atoms with E-state index in [-0.39, 0.29) is 6.42 Å². The number of hydrogen-bond donors (Lipinski definition) is 1.